The molecule has 4 nitrogen and oxygen atoms in total. The predicted molar refractivity (Wildman–Crippen MR) is 72.4 cm³/mol. The number of hydrogen-bond acceptors (Lipinski definition) is 3. The highest BCUT2D eigenvalue weighted by Crippen LogP contribution is 2.34. The van der Waals surface area contributed by atoms with Gasteiger partial charge in [0.05, 0.1) is 24.2 Å². The van der Waals surface area contributed by atoms with Crippen molar-refractivity contribution in [3.63, 3.8) is 0 Å². The van der Waals surface area contributed by atoms with Crippen LogP contribution in [0.4, 0.5) is 8.78 Å². The van der Waals surface area contributed by atoms with Gasteiger partial charge in [-0.3, -0.25) is 4.79 Å². The van der Waals surface area contributed by atoms with Crippen molar-refractivity contribution in [2.45, 2.75) is 44.4 Å². The summed E-state index contributed by atoms with van der Waals surface area (Å²) in [5.74, 6) is -2.26. The van der Waals surface area contributed by atoms with Crippen LogP contribution in [-0.2, 0) is 4.79 Å². The van der Waals surface area contributed by atoms with E-state index in [-0.39, 0.29) is 25.3 Å². The first-order valence-electron chi connectivity index (χ1n) is 6.82. The van der Waals surface area contributed by atoms with Crippen molar-refractivity contribution in [2.75, 3.05) is 6.54 Å². The normalized spacial score (nSPS) is 22.7. The number of nitrogens with zero attached hydrogens (tertiary/aromatic N) is 1. The fourth-order valence-electron chi connectivity index (χ4n) is 2.60. The molecule has 2 rings (SSSR count). The van der Waals surface area contributed by atoms with Crippen LogP contribution in [0.25, 0.3) is 0 Å². The Balaban J connectivity index is 2.24. The van der Waals surface area contributed by atoms with E-state index in [4.69, 9.17) is 0 Å². The molecule has 1 heterocycles. The second-order valence-electron chi connectivity index (χ2n) is 6.11. The zero-order valence-corrected chi connectivity index (χ0v) is 12.0. The van der Waals surface area contributed by atoms with E-state index in [1.807, 2.05) is 0 Å². The van der Waals surface area contributed by atoms with Gasteiger partial charge in [-0.1, -0.05) is 6.07 Å². The number of hydrogen-bond donors (Lipinski definition) is 2. The molecular formula is C15H19F2NO3. The molecule has 2 N–H and O–H groups in total. The Morgan fingerprint density at radius 1 is 1.38 bits per heavy atom. The third-order valence-corrected chi connectivity index (χ3v) is 3.51. The molecule has 1 fully saturated rings. The van der Waals surface area contributed by atoms with Crippen molar-refractivity contribution in [2.24, 2.45) is 0 Å². The summed E-state index contributed by atoms with van der Waals surface area (Å²) in [6.45, 7) is 3.16. The number of amides is 1. The third-order valence-electron chi connectivity index (χ3n) is 3.51. The highest BCUT2D eigenvalue weighted by atomic mass is 19.2. The highest BCUT2D eigenvalue weighted by molar-refractivity contribution is 5.78. The summed E-state index contributed by atoms with van der Waals surface area (Å²) >= 11 is 0. The van der Waals surface area contributed by atoms with Crippen LogP contribution in [0.3, 0.4) is 0 Å². The molecule has 1 saturated heterocycles. The number of carbonyl (C=O) groups excluding carboxylic acids is 1. The van der Waals surface area contributed by atoms with Gasteiger partial charge in [-0.05, 0) is 38.0 Å². The van der Waals surface area contributed by atoms with Crippen molar-refractivity contribution >= 4 is 5.91 Å². The van der Waals surface area contributed by atoms with E-state index >= 15 is 0 Å². The van der Waals surface area contributed by atoms with Crippen LogP contribution in [0.1, 0.15) is 38.3 Å². The van der Waals surface area contributed by atoms with Crippen LogP contribution in [0.5, 0.6) is 0 Å². The van der Waals surface area contributed by atoms with Crippen molar-refractivity contribution in [1.29, 1.82) is 0 Å². The van der Waals surface area contributed by atoms with Crippen LogP contribution in [0, 0.1) is 11.6 Å². The van der Waals surface area contributed by atoms with Gasteiger partial charge >= 0.3 is 0 Å². The Bertz CT molecular complexity index is 542. The second-order valence-corrected chi connectivity index (χ2v) is 6.11. The SMILES string of the molecule is CC(C)(O)CC(=O)N1C[C@H](O)C[C@@H]1c1ccc(F)c(F)c1. The number of benzene rings is 1. The zero-order chi connectivity index (χ0) is 15.8. The molecule has 1 aliphatic heterocycles. The summed E-state index contributed by atoms with van der Waals surface area (Å²) in [5, 5.41) is 19.5. The number of aliphatic hydroxyl groups is 2. The maximum absolute atomic E-state index is 13.3. The fourth-order valence-corrected chi connectivity index (χ4v) is 2.60. The molecular weight excluding hydrogens is 280 g/mol. The molecule has 1 aromatic carbocycles. The number of aliphatic hydroxyl groups excluding tert-OH is 1. The molecule has 0 aliphatic carbocycles. The monoisotopic (exact) mass is 299 g/mol. The van der Waals surface area contributed by atoms with Crippen LogP contribution in [-0.4, -0.2) is 39.3 Å². The molecule has 0 bridgehead atoms. The summed E-state index contributed by atoms with van der Waals surface area (Å²) in [6, 6.07) is 2.95. The van der Waals surface area contributed by atoms with Gasteiger partial charge in [0, 0.05) is 6.54 Å². The molecule has 0 unspecified atom stereocenters. The lowest BCUT2D eigenvalue weighted by atomic mass is 10.0. The maximum Gasteiger partial charge on any atom is 0.226 e. The van der Waals surface area contributed by atoms with E-state index in [1.165, 1.54) is 24.8 Å². The number of β-amino-alcohol motifs (C(OH)–C–C–N with tert-alkyl or cyclic N) is 1. The van der Waals surface area contributed by atoms with Gasteiger partial charge in [-0.25, -0.2) is 8.78 Å². The standard InChI is InChI=1S/C15H19F2NO3/c1-15(2,21)7-14(20)18-8-10(19)6-13(18)9-3-4-11(16)12(17)5-9/h3-5,10,13,19,21H,6-8H2,1-2H3/t10-,13-/m1/s1. The fraction of sp³-hybridized carbons (Fsp3) is 0.533. The van der Waals surface area contributed by atoms with E-state index in [0.717, 1.165) is 12.1 Å². The van der Waals surface area contributed by atoms with Crippen LogP contribution in [0.2, 0.25) is 0 Å². The Kier molecular flexibility index (Phi) is 4.30. The van der Waals surface area contributed by atoms with Gasteiger partial charge in [-0.15, -0.1) is 0 Å². The number of rotatable bonds is 3. The Hall–Kier alpha value is -1.53. The topological polar surface area (TPSA) is 60.8 Å². The van der Waals surface area contributed by atoms with Crippen LogP contribution in [0.15, 0.2) is 18.2 Å². The largest absolute Gasteiger partial charge is 0.391 e. The van der Waals surface area contributed by atoms with Gasteiger partial charge < -0.3 is 15.1 Å². The quantitative estimate of drug-likeness (QED) is 0.894. The molecule has 0 radical (unpaired) electrons. The summed E-state index contributed by atoms with van der Waals surface area (Å²) in [4.78, 5) is 13.6. The average Bonchev–Trinajstić information content (AvgIpc) is 2.73. The number of likely N-dealkylation sites (tertiary alicyclic amines) is 1. The number of carbonyl (C=O) groups is 1. The van der Waals surface area contributed by atoms with Crippen molar-refractivity contribution in [1.82, 2.24) is 4.90 Å². The average molecular weight is 299 g/mol. The minimum absolute atomic E-state index is 0.0973. The van der Waals surface area contributed by atoms with Crippen LogP contribution >= 0.6 is 0 Å². The lowest BCUT2D eigenvalue weighted by Crippen LogP contribution is -2.36. The molecule has 116 valence electrons. The molecule has 0 saturated carbocycles. The third kappa shape index (κ3) is 3.77. The summed E-state index contributed by atoms with van der Waals surface area (Å²) < 4.78 is 26.4. The van der Waals surface area contributed by atoms with Gasteiger partial charge in [-0.2, -0.15) is 0 Å². The summed E-state index contributed by atoms with van der Waals surface area (Å²) in [5.41, 5.74) is -0.724. The van der Waals surface area contributed by atoms with Gasteiger partial charge in [0.15, 0.2) is 11.6 Å². The molecule has 1 amide bonds. The molecule has 21 heavy (non-hydrogen) atoms. The smallest absolute Gasteiger partial charge is 0.226 e. The molecule has 2 atom stereocenters. The van der Waals surface area contributed by atoms with Gasteiger partial charge in [0.2, 0.25) is 5.91 Å². The summed E-state index contributed by atoms with van der Waals surface area (Å²) in [6.07, 6.45) is -0.545. The first kappa shape index (κ1) is 15.9. The summed E-state index contributed by atoms with van der Waals surface area (Å²) in [7, 11) is 0. The van der Waals surface area contributed by atoms with Crippen molar-refractivity contribution in [3.8, 4) is 0 Å². The Morgan fingerprint density at radius 3 is 2.62 bits per heavy atom. The first-order chi connectivity index (χ1) is 9.67. The minimum atomic E-state index is -1.16. The highest BCUT2D eigenvalue weighted by Gasteiger charge is 2.37. The van der Waals surface area contributed by atoms with Gasteiger partial charge in [0.25, 0.3) is 0 Å². The predicted octanol–water partition coefficient (Wildman–Crippen LogP) is 1.76. The molecule has 6 heteroatoms. The first-order valence-corrected chi connectivity index (χ1v) is 6.82. The zero-order valence-electron chi connectivity index (χ0n) is 12.0. The lowest BCUT2D eigenvalue weighted by Gasteiger charge is -2.27. The van der Waals surface area contributed by atoms with Crippen molar-refractivity contribution in [3.05, 3.63) is 35.4 Å². The van der Waals surface area contributed by atoms with E-state index in [1.54, 1.807) is 0 Å². The maximum atomic E-state index is 13.3. The molecule has 1 aromatic rings. The Morgan fingerprint density at radius 2 is 2.05 bits per heavy atom. The van der Waals surface area contributed by atoms with E-state index in [0.29, 0.717) is 5.56 Å². The van der Waals surface area contributed by atoms with Gasteiger partial charge in [0.1, 0.15) is 0 Å². The second kappa shape index (κ2) is 5.69. The minimum Gasteiger partial charge on any atom is -0.391 e. The molecule has 1 aliphatic rings. The lowest BCUT2D eigenvalue weighted by molar-refractivity contribution is -0.136. The molecule has 0 spiro atoms. The van der Waals surface area contributed by atoms with E-state index < -0.39 is 29.4 Å². The van der Waals surface area contributed by atoms with E-state index in [9.17, 15) is 23.8 Å². The Labute approximate surface area is 122 Å². The van der Waals surface area contributed by atoms with Crippen molar-refractivity contribution < 1.29 is 23.8 Å². The molecule has 0 aromatic heterocycles. The van der Waals surface area contributed by atoms with E-state index in [2.05, 4.69) is 0 Å². The number of halogens is 2. The van der Waals surface area contributed by atoms with Crippen LogP contribution < -0.4 is 0 Å².